The molecule has 0 radical (unpaired) electrons. The van der Waals surface area contributed by atoms with Crippen molar-refractivity contribution < 1.29 is 0 Å². The summed E-state index contributed by atoms with van der Waals surface area (Å²) in [6.07, 6.45) is 0. The van der Waals surface area contributed by atoms with E-state index in [1.54, 1.807) is 10.6 Å². The van der Waals surface area contributed by atoms with E-state index < -0.39 is 0 Å². The molecule has 2 heterocycles. The van der Waals surface area contributed by atoms with Crippen LogP contribution < -0.4 is 11.2 Å². The zero-order valence-electron chi connectivity index (χ0n) is 18.1. The molecule has 0 fully saturated rings. The summed E-state index contributed by atoms with van der Waals surface area (Å²) in [5.74, 6) is 0. The van der Waals surface area contributed by atoms with E-state index in [9.17, 15) is 9.59 Å². The normalized spacial score (nSPS) is 11.5. The maximum Gasteiger partial charge on any atom is 0.336 e. The molecule has 5 aromatic rings. The lowest BCUT2D eigenvalue weighted by Gasteiger charge is -2.15. The second kappa shape index (κ2) is 7.53. The molecule has 6 heteroatoms. The fraction of sp³-hybridized carbons (Fsp3) is 0.154. The molecule has 0 aliphatic carbocycles. The minimum Gasteiger partial charge on any atom is -0.338 e. The Balaban J connectivity index is 1.99. The van der Waals surface area contributed by atoms with Crippen LogP contribution in [0.3, 0.4) is 0 Å². The SMILES string of the molecule is Cc1ccc2c(c1)c1c(c(=O)n(-c3ccccc3C)c(=O)n1Cc1ccccc1Cl)n2C. The number of aromatic nitrogens is 3. The number of halogens is 1. The molecule has 0 atom stereocenters. The fourth-order valence-corrected chi connectivity index (χ4v) is 4.63. The summed E-state index contributed by atoms with van der Waals surface area (Å²) >= 11 is 6.45. The molecule has 3 aromatic carbocycles. The molecule has 0 saturated heterocycles. The van der Waals surface area contributed by atoms with Crippen LogP contribution in [0.1, 0.15) is 16.7 Å². The quantitative estimate of drug-likeness (QED) is 0.395. The number of para-hydroxylation sites is 1. The van der Waals surface area contributed by atoms with Crippen molar-refractivity contribution in [1.29, 1.82) is 0 Å². The van der Waals surface area contributed by atoms with Gasteiger partial charge in [-0.2, -0.15) is 0 Å². The van der Waals surface area contributed by atoms with Crippen molar-refractivity contribution in [3.63, 3.8) is 0 Å². The molecule has 32 heavy (non-hydrogen) atoms. The van der Waals surface area contributed by atoms with Crippen molar-refractivity contribution in [2.24, 2.45) is 7.05 Å². The van der Waals surface area contributed by atoms with E-state index in [0.29, 0.717) is 21.7 Å². The Kier molecular flexibility index (Phi) is 4.79. The highest BCUT2D eigenvalue weighted by Gasteiger charge is 2.22. The molecule has 5 nitrogen and oxygen atoms in total. The maximum atomic E-state index is 13.9. The van der Waals surface area contributed by atoms with Gasteiger partial charge in [-0.25, -0.2) is 9.36 Å². The minimum absolute atomic E-state index is 0.258. The molecule has 0 unspecified atom stereocenters. The third kappa shape index (κ3) is 3.00. The number of hydrogen-bond acceptors (Lipinski definition) is 2. The first-order valence-electron chi connectivity index (χ1n) is 10.4. The topological polar surface area (TPSA) is 48.9 Å². The number of nitrogens with zero attached hydrogens (tertiary/aromatic N) is 3. The second-order valence-electron chi connectivity index (χ2n) is 8.16. The summed E-state index contributed by atoms with van der Waals surface area (Å²) in [5, 5.41) is 1.46. The Morgan fingerprint density at radius 2 is 1.59 bits per heavy atom. The Hall–Kier alpha value is -3.57. The molecule has 5 rings (SSSR count). The minimum atomic E-state index is -0.384. The summed E-state index contributed by atoms with van der Waals surface area (Å²) in [5.41, 5.74) is 4.62. The van der Waals surface area contributed by atoms with Gasteiger partial charge in [0.25, 0.3) is 5.56 Å². The first kappa shape index (κ1) is 20.3. The Labute approximate surface area is 189 Å². The zero-order valence-corrected chi connectivity index (χ0v) is 18.8. The van der Waals surface area contributed by atoms with Gasteiger partial charge in [0.1, 0.15) is 5.52 Å². The van der Waals surface area contributed by atoms with Gasteiger partial charge in [0, 0.05) is 17.5 Å². The van der Waals surface area contributed by atoms with Gasteiger partial charge < -0.3 is 4.57 Å². The molecule has 2 aromatic heterocycles. The highest BCUT2D eigenvalue weighted by Crippen LogP contribution is 2.28. The van der Waals surface area contributed by atoms with E-state index in [2.05, 4.69) is 0 Å². The van der Waals surface area contributed by atoms with Crippen LogP contribution in [-0.2, 0) is 13.6 Å². The highest BCUT2D eigenvalue weighted by atomic mass is 35.5. The van der Waals surface area contributed by atoms with Gasteiger partial charge in [0.15, 0.2) is 0 Å². The number of hydrogen-bond donors (Lipinski definition) is 0. The van der Waals surface area contributed by atoms with E-state index in [1.807, 2.05) is 86.1 Å². The van der Waals surface area contributed by atoms with Gasteiger partial charge in [0.2, 0.25) is 0 Å². The average molecular weight is 444 g/mol. The average Bonchev–Trinajstić information content (AvgIpc) is 3.05. The van der Waals surface area contributed by atoms with Crippen molar-refractivity contribution in [3.05, 3.63) is 109 Å². The van der Waals surface area contributed by atoms with Crippen LogP contribution in [0, 0.1) is 13.8 Å². The zero-order chi connectivity index (χ0) is 22.6. The number of rotatable bonds is 3. The lowest BCUT2D eigenvalue weighted by molar-refractivity contribution is 0.711. The molecule has 0 aliphatic rings. The van der Waals surface area contributed by atoms with Gasteiger partial charge in [-0.3, -0.25) is 9.36 Å². The van der Waals surface area contributed by atoms with E-state index in [-0.39, 0.29) is 17.8 Å². The van der Waals surface area contributed by atoms with Crippen LogP contribution >= 0.6 is 11.6 Å². The first-order chi connectivity index (χ1) is 15.4. The fourth-order valence-electron chi connectivity index (χ4n) is 4.44. The van der Waals surface area contributed by atoms with Gasteiger partial charge in [-0.15, -0.1) is 0 Å². The van der Waals surface area contributed by atoms with E-state index in [4.69, 9.17) is 11.6 Å². The third-order valence-corrected chi connectivity index (χ3v) is 6.44. The molecule has 0 aliphatic heterocycles. The molecule has 0 saturated carbocycles. The van der Waals surface area contributed by atoms with Crippen LogP contribution in [0.2, 0.25) is 5.02 Å². The van der Waals surface area contributed by atoms with Crippen LogP contribution in [0.4, 0.5) is 0 Å². The number of aryl methyl sites for hydroxylation is 3. The molecule has 0 bridgehead atoms. The molecule has 160 valence electrons. The van der Waals surface area contributed by atoms with Crippen molar-refractivity contribution in [2.45, 2.75) is 20.4 Å². The first-order valence-corrected chi connectivity index (χ1v) is 10.8. The van der Waals surface area contributed by atoms with Crippen LogP contribution in [0.25, 0.3) is 27.6 Å². The van der Waals surface area contributed by atoms with Crippen LogP contribution in [0.5, 0.6) is 0 Å². The number of benzene rings is 3. The lowest BCUT2D eigenvalue weighted by Crippen LogP contribution is -2.40. The number of fused-ring (bicyclic) bond motifs is 3. The summed E-state index contributed by atoms with van der Waals surface area (Å²) in [4.78, 5) is 27.6. The Morgan fingerprint density at radius 3 is 2.34 bits per heavy atom. The highest BCUT2D eigenvalue weighted by molar-refractivity contribution is 6.31. The third-order valence-electron chi connectivity index (χ3n) is 6.07. The summed E-state index contributed by atoms with van der Waals surface area (Å²) in [6, 6.07) is 20.9. The lowest BCUT2D eigenvalue weighted by atomic mass is 10.1. The Bertz CT molecular complexity index is 1640. The van der Waals surface area contributed by atoms with Crippen LogP contribution in [-0.4, -0.2) is 13.7 Å². The molecular weight excluding hydrogens is 422 g/mol. The summed E-state index contributed by atoms with van der Waals surface area (Å²) in [7, 11) is 1.87. The maximum absolute atomic E-state index is 13.9. The monoisotopic (exact) mass is 443 g/mol. The standard InChI is InChI=1S/C26H22ClN3O2/c1-16-12-13-22-19(14-16)23-24(28(22)3)25(31)30(21-11-7-4-8-17(21)2)26(32)29(23)15-18-9-5-6-10-20(18)27/h4-14H,15H2,1-3H3. The van der Waals surface area contributed by atoms with Crippen molar-refractivity contribution in [1.82, 2.24) is 13.7 Å². The van der Waals surface area contributed by atoms with E-state index in [0.717, 1.165) is 27.6 Å². The van der Waals surface area contributed by atoms with Gasteiger partial charge >= 0.3 is 5.69 Å². The van der Waals surface area contributed by atoms with E-state index >= 15 is 0 Å². The van der Waals surface area contributed by atoms with Gasteiger partial charge in [-0.1, -0.05) is 59.6 Å². The van der Waals surface area contributed by atoms with Crippen LogP contribution in [0.15, 0.2) is 76.3 Å². The van der Waals surface area contributed by atoms with Gasteiger partial charge in [0.05, 0.1) is 23.3 Å². The Morgan fingerprint density at radius 1 is 0.875 bits per heavy atom. The van der Waals surface area contributed by atoms with Crippen molar-refractivity contribution >= 4 is 33.5 Å². The predicted octanol–water partition coefficient (Wildman–Crippen LogP) is 4.96. The molecule has 0 N–H and O–H groups in total. The summed E-state index contributed by atoms with van der Waals surface area (Å²) < 4.78 is 4.83. The molecule has 0 spiro atoms. The molecular formula is C26H22ClN3O2. The van der Waals surface area contributed by atoms with Crippen molar-refractivity contribution in [2.75, 3.05) is 0 Å². The second-order valence-corrected chi connectivity index (χ2v) is 8.57. The largest absolute Gasteiger partial charge is 0.338 e. The van der Waals surface area contributed by atoms with E-state index in [1.165, 1.54) is 4.57 Å². The molecule has 0 amide bonds. The predicted molar refractivity (Wildman–Crippen MR) is 130 cm³/mol. The smallest absolute Gasteiger partial charge is 0.336 e. The summed E-state index contributed by atoms with van der Waals surface area (Å²) in [6.45, 7) is 4.16. The van der Waals surface area contributed by atoms with Gasteiger partial charge in [-0.05, 0) is 49.2 Å². The van der Waals surface area contributed by atoms with Crippen molar-refractivity contribution in [3.8, 4) is 5.69 Å².